The van der Waals surface area contributed by atoms with Crippen LogP contribution < -0.4 is 10.2 Å². The van der Waals surface area contributed by atoms with Crippen molar-refractivity contribution in [3.05, 3.63) is 89.6 Å². The number of Topliss-reactive ketones (excluding diaryl/α,β-unsaturated/α-hetero) is 1. The zero-order valence-corrected chi connectivity index (χ0v) is 20.7. The smallest absolute Gasteiger partial charge is 0.317 e. The van der Waals surface area contributed by atoms with Crippen molar-refractivity contribution in [2.75, 3.05) is 23.3 Å². The molecule has 2 aromatic heterocycles. The molecule has 5 heterocycles. The third-order valence-corrected chi connectivity index (χ3v) is 7.29. The fraction of sp³-hybridized carbons (Fsp3) is 0.276. The van der Waals surface area contributed by atoms with Gasteiger partial charge < -0.3 is 19.4 Å². The monoisotopic (exact) mass is 506 g/mol. The summed E-state index contributed by atoms with van der Waals surface area (Å²) in [4.78, 5) is 25.0. The Hall–Kier alpha value is -4.37. The van der Waals surface area contributed by atoms with Crippen molar-refractivity contribution in [1.82, 2.24) is 15.2 Å². The molecule has 0 spiro atoms. The van der Waals surface area contributed by atoms with Gasteiger partial charge in [-0.1, -0.05) is 59.7 Å². The fourth-order valence-corrected chi connectivity index (χ4v) is 5.51. The molecule has 0 radical (unpaired) electrons. The molecule has 190 valence electrons. The van der Waals surface area contributed by atoms with Gasteiger partial charge in [0.15, 0.2) is 11.9 Å². The number of ketones is 1. The number of nitrogens with one attached hydrogen (secondary N) is 1. The van der Waals surface area contributed by atoms with Gasteiger partial charge in [-0.2, -0.15) is 0 Å². The van der Waals surface area contributed by atoms with Gasteiger partial charge in [0.2, 0.25) is 0 Å². The van der Waals surface area contributed by atoms with Crippen LogP contribution >= 0.6 is 0 Å². The molecule has 3 atom stereocenters. The van der Waals surface area contributed by atoms with E-state index in [1.807, 2.05) is 66.7 Å². The summed E-state index contributed by atoms with van der Waals surface area (Å²) >= 11 is 0. The molecule has 2 aromatic carbocycles. The summed E-state index contributed by atoms with van der Waals surface area (Å²) in [6.07, 6.45) is 3.75. The van der Waals surface area contributed by atoms with Gasteiger partial charge in [0, 0.05) is 36.8 Å². The Morgan fingerprint density at radius 3 is 2.47 bits per heavy atom. The second-order valence-corrected chi connectivity index (χ2v) is 9.84. The highest BCUT2D eigenvalue weighted by atomic mass is 16.5. The van der Waals surface area contributed by atoms with Crippen molar-refractivity contribution in [3.63, 3.8) is 0 Å². The fourth-order valence-electron chi connectivity index (χ4n) is 5.51. The van der Waals surface area contributed by atoms with Crippen molar-refractivity contribution in [2.45, 2.75) is 37.6 Å². The average Bonchev–Trinajstić information content (AvgIpc) is 3.53. The van der Waals surface area contributed by atoms with Gasteiger partial charge in [0.25, 0.3) is 5.89 Å². The lowest BCUT2D eigenvalue weighted by molar-refractivity contribution is -0.119. The molecule has 0 amide bonds. The molecule has 3 aliphatic rings. The number of carbonyl (C=O) groups excluding carboxylic acids is 1. The molecule has 1 N–H and O–H groups in total. The van der Waals surface area contributed by atoms with Gasteiger partial charge >= 0.3 is 6.01 Å². The number of carbonyl (C=O) groups is 1. The molecular weight excluding hydrogens is 480 g/mol. The van der Waals surface area contributed by atoms with Crippen molar-refractivity contribution in [1.29, 1.82) is 0 Å². The van der Waals surface area contributed by atoms with E-state index in [4.69, 9.17) is 14.1 Å². The summed E-state index contributed by atoms with van der Waals surface area (Å²) in [5, 5.41) is 11.6. The van der Waals surface area contributed by atoms with Gasteiger partial charge in [-0.15, -0.1) is 5.10 Å². The van der Waals surface area contributed by atoms with E-state index in [-0.39, 0.29) is 30.4 Å². The second-order valence-electron chi connectivity index (χ2n) is 9.84. The first-order chi connectivity index (χ1) is 18.7. The van der Waals surface area contributed by atoms with Crippen LogP contribution in [0.2, 0.25) is 0 Å². The molecule has 9 heteroatoms. The molecule has 9 nitrogen and oxygen atoms in total. The van der Waals surface area contributed by atoms with Crippen LogP contribution in [-0.2, 0) is 16.0 Å². The molecule has 7 rings (SSSR count). The first-order valence-corrected chi connectivity index (χ1v) is 12.9. The van der Waals surface area contributed by atoms with E-state index in [2.05, 4.69) is 25.4 Å². The van der Waals surface area contributed by atoms with Gasteiger partial charge in [-0.25, -0.2) is 4.98 Å². The summed E-state index contributed by atoms with van der Waals surface area (Å²) in [6.45, 7) is 1.57. The van der Waals surface area contributed by atoms with Crippen LogP contribution in [0.3, 0.4) is 0 Å². The third-order valence-electron chi connectivity index (χ3n) is 7.29. The van der Waals surface area contributed by atoms with Crippen LogP contribution in [0.15, 0.2) is 82.3 Å². The first-order valence-electron chi connectivity index (χ1n) is 12.9. The van der Waals surface area contributed by atoms with E-state index in [1.165, 1.54) is 0 Å². The largest absolute Gasteiger partial charge is 0.403 e. The lowest BCUT2D eigenvalue weighted by Crippen LogP contribution is -2.43. The third kappa shape index (κ3) is 4.24. The van der Waals surface area contributed by atoms with Crippen molar-refractivity contribution in [2.24, 2.45) is 4.99 Å². The highest BCUT2D eigenvalue weighted by Gasteiger charge is 2.35. The standard InChI is InChI=1S/C29H26N6O3/c36-24-15-19-9-4-5-10-22(19)25(18-7-2-1-3-8-18)31-26(24)32-29-34-33-28(38-29)23-11-6-14-30-27(23)35-16-20-12-13-21(17-35)37-20/h1-11,14,20-21,26H,12-13,15-17H2,(H,32,34)/t20?,21?,26-/m1/s1. The number of morpholine rings is 1. The SMILES string of the molecule is O=C1Cc2ccccc2C(c2ccccc2)=N[C@@H]1Nc1nnc(-c2cccnc2N2CC3CCC(C2)O3)o1. The number of nitrogens with zero attached hydrogens (tertiary/aromatic N) is 5. The molecule has 2 fully saturated rings. The van der Waals surface area contributed by atoms with Crippen molar-refractivity contribution >= 4 is 23.3 Å². The van der Waals surface area contributed by atoms with E-state index in [0.29, 0.717) is 5.89 Å². The predicted molar refractivity (Wildman–Crippen MR) is 142 cm³/mol. The molecule has 0 aliphatic carbocycles. The summed E-state index contributed by atoms with van der Waals surface area (Å²) in [5.41, 5.74) is 4.33. The van der Waals surface area contributed by atoms with Crippen LogP contribution in [0.4, 0.5) is 11.8 Å². The number of ether oxygens (including phenoxy) is 1. The predicted octanol–water partition coefficient (Wildman–Crippen LogP) is 3.90. The quantitative estimate of drug-likeness (QED) is 0.435. The average molecular weight is 507 g/mol. The molecule has 3 aliphatic heterocycles. The van der Waals surface area contributed by atoms with Gasteiger partial charge in [-0.3, -0.25) is 9.79 Å². The summed E-state index contributed by atoms with van der Waals surface area (Å²) in [5.74, 6) is 1.06. The minimum Gasteiger partial charge on any atom is -0.403 e. The zero-order valence-electron chi connectivity index (χ0n) is 20.7. The minimum atomic E-state index is -0.867. The summed E-state index contributed by atoms with van der Waals surface area (Å²) in [7, 11) is 0. The van der Waals surface area contributed by atoms with Gasteiger partial charge in [0.1, 0.15) is 5.82 Å². The number of rotatable bonds is 5. The lowest BCUT2D eigenvalue weighted by atomic mass is 9.96. The van der Waals surface area contributed by atoms with Crippen LogP contribution in [0.5, 0.6) is 0 Å². The Bertz CT molecular complexity index is 1510. The van der Waals surface area contributed by atoms with E-state index in [9.17, 15) is 4.79 Å². The Balaban J connectivity index is 1.19. The summed E-state index contributed by atoms with van der Waals surface area (Å²) in [6, 6.07) is 21.7. The molecule has 2 saturated heterocycles. The van der Waals surface area contributed by atoms with E-state index in [1.54, 1.807) is 6.20 Å². The maximum Gasteiger partial charge on any atom is 0.317 e. The Labute approximate surface area is 219 Å². The van der Waals surface area contributed by atoms with Crippen molar-refractivity contribution in [3.8, 4) is 11.5 Å². The molecule has 2 bridgehead atoms. The van der Waals surface area contributed by atoms with Crippen molar-refractivity contribution < 1.29 is 13.9 Å². The molecule has 38 heavy (non-hydrogen) atoms. The van der Waals surface area contributed by atoms with Gasteiger partial charge in [-0.05, 0) is 30.5 Å². The Morgan fingerprint density at radius 1 is 0.868 bits per heavy atom. The number of hydrogen-bond donors (Lipinski definition) is 1. The molecule has 2 unspecified atom stereocenters. The molecular formula is C29H26N6O3. The number of hydrogen-bond acceptors (Lipinski definition) is 9. The van der Waals surface area contributed by atoms with E-state index < -0.39 is 6.17 Å². The van der Waals surface area contributed by atoms with Crippen LogP contribution in [-0.4, -0.2) is 58.1 Å². The number of pyridine rings is 1. The molecule has 4 aromatic rings. The van der Waals surface area contributed by atoms with Crippen LogP contribution in [0.25, 0.3) is 11.5 Å². The molecule has 0 saturated carbocycles. The van der Waals surface area contributed by atoms with Gasteiger partial charge in [0.05, 0.1) is 23.5 Å². The number of anilines is 2. The van der Waals surface area contributed by atoms with E-state index in [0.717, 1.165) is 59.7 Å². The number of fused-ring (bicyclic) bond motifs is 3. The van der Waals surface area contributed by atoms with Crippen LogP contribution in [0.1, 0.15) is 29.5 Å². The number of benzene rings is 2. The Kier molecular flexibility index (Phi) is 5.70. The number of aromatic nitrogens is 3. The normalized spacial score (nSPS) is 22.5. The Morgan fingerprint density at radius 2 is 1.63 bits per heavy atom. The maximum atomic E-state index is 13.3. The number of aliphatic imine (C=N–C) groups is 1. The zero-order chi connectivity index (χ0) is 25.5. The maximum absolute atomic E-state index is 13.3. The second kappa shape index (κ2) is 9.50. The highest BCUT2D eigenvalue weighted by molar-refractivity contribution is 6.16. The highest BCUT2D eigenvalue weighted by Crippen LogP contribution is 2.34. The lowest BCUT2D eigenvalue weighted by Gasteiger charge is -2.33. The first kappa shape index (κ1) is 22.8. The minimum absolute atomic E-state index is 0.0750. The summed E-state index contributed by atoms with van der Waals surface area (Å²) < 4.78 is 12.0. The topological polar surface area (TPSA) is 106 Å². The van der Waals surface area contributed by atoms with E-state index >= 15 is 0 Å². The van der Waals surface area contributed by atoms with Crippen LogP contribution in [0, 0.1) is 0 Å².